The van der Waals surface area contributed by atoms with Gasteiger partial charge in [-0.1, -0.05) is 0 Å². The van der Waals surface area contributed by atoms with Crippen LogP contribution in [0.2, 0.25) is 0 Å². The lowest BCUT2D eigenvalue weighted by Crippen LogP contribution is -2.45. The molecule has 0 fully saturated rings. The molecule has 0 spiro atoms. The van der Waals surface area contributed by atoms with Crippen molar-refractivity contribution in [2.75, 3.05) is 11.1 Å². The Labute approximate surface area is 186 Å². The van der Waals surface area contributed by atoms with Gasteiger partial charge in [-0.05, 0) is 49.4 Å². The van der Waals surface area contributed by atoms with E-state index < -0.39 is 56.2 Å². The molecular weight excluding hydrogens is 472 g/mol. The van der Waals surface area contributed by atoms with Gasteiger partial charge in [-0.25, -0.2) is 12.8 Å². The lowest BCUT2D eigenvalue weighted by Gasteiger charge is -2.22. The van der Waals surface area contributed by atoms with Gasteiger partial charge in [-0.2, -0.15) is 18.4 Å². The van der Waals surface area contributed by atoms with Gasteiger partial charge in [0.05, 0.1) is 27.8 Å². The number of aliphatic hydroxyl groups is 1. The van der Waals surface area contributed by atoms with E-state index in [2.05, 4.69) is 0 Å². The number of amides is 1. The fourth-order valence-corrected chi connectivity index (χ4v) is 3.97. The van der Waals surface area contributed by atoms with E-state index in [1.807, 2.05) is 5.32 Å². The second-order valence-electron chi connectivity index (χ2n) is 6.83. The molecule has 2 aromatic carbocycles. The van der Waals surface area contributed by atoms with Gasteiger partial charge in [0.2, 0.25) is 0 Å². The lowest BCUT2D eigenvalue weighted by atomic mass is 10.1. The van der Waals surface area contributed by atoms with Crippen LogP contribution in [0.25, 0.3) is 0 Å². The highest BCUT2D eigenvalue weighted by atomic mass is 32.2. The SMILES string of the molecule is CC(=O)O.CC(O)(CS(=O)(=O)c1ccc(F)cc1)C(=O)Nc1ccc(C#N)c(C(F)(F)F)c1. The van der Waals surface area contributed by atoms with Crippen molar-refractivity contribution < 1.29 is 45.8 Å². The van der Waals surface area contributed by atoms with Crippen molar-refractivity contribution in [1.29, 1.82) is 5.26 Å². The molecule has 1 amide bonds. The summed E-state index contributed by atoms with van der Waals surface area (Å²) in [4.78, 5) is 20.9. The molecule has 0 aromatic heterocycles. The molecule has 13 heteroatoms. The summed E-state index contributed by atoms with van der Waals surface area (Å²) in [5, 5.41) is 28.5. The van der Waals surface area contributed by atoms with E-state index in [1.54, 1.807) is 0 Å². The van der Waals surface area contributed by atoms with Gasteiger partial charge in [0.25, 0.3) is 11.9 Å². The van der Waals surface area contributed by atoms with Crippen molar-refractivity contribution in [2.24, 2.45) is 0 Å². The summed E-state index contributed by atoms with van der Waals surface area (Å²) in [5.41, 5.74) is -4.86. The second-order valence-corrected chi connectivity index (χ2v) is 8.82. The number of hydrogen-bond donors (Lipinski definition) is 3. The average molecular weight is 490 g/mol. The summed E-state index contributed by atoms with van der Waals surface area (Å²) in [5.74, 6) is -3.89. The van der Waals surface area contributed by atoms with Crippen molar-refractivity contribution in [3.8, 4) is 6.07 Å². The Hall–Kier alpha value is -3.50. The van der Waals surface area contributed by atoms with E-state index in [0.717, 1.165) is 50.2 Å². The van der Waals surface area contributed by atoms with Crippen LogP contribution in [0.3, 0.4) is 0 Å². The van der Waals surface area contributed by atoms with Gasteiger partial charge in [-0.3, -0.25) is 9.59 Å². The number of carbonyl (C=O) groups excluding carboxylic acids is 1. The molecule has 0 aliphatic rings. The highest BCUT2D eigenvalue weighted by molar-refractivity contribution is 7.91. The van der Waals surface area contributed by atoms with Crippen LogP contribution in [0.4, 0.5) is 23.2 Å². The van der Waals surface area contributed by atoms with Gasteiger partial charge < -0.3 is 15.5 Å². The summed E-state index contributed by atoms with van der Waals surface area (Å²) in [6, 6.07) is 7.40. The minimum absolute atomic E-state index is 0.343. The standard InChI is InChI=1S/C18H14F4N2O4S.C2H4O2/c1-17(26,10-29(27,28)14-6-3-12(19)4-7-14)16(25)24-13-5-2-11(9-23)15(8-13)18(20,21)22;1-2(3)4/h2-8,26H,10H2,1H3,(H,24,25);1H3,(H,3,4). The van der Waals surface area contributed by atoms with Crippen LogP contribution in [0, 0.1) is 17.1 Å². The highest BCUT2D eigenvalue weighted by Gasteiger charge is 2.38. The first-order valence-electron chi connectivity index (χ1n) is 8.82. The number of carboxylic acid groups (broad SMARTS) is 1. The molecule has 0 aliphatic heterocycles. The van der Waals surface area contributed by atoms with Crippen molar-refractivity contribution in [3.63, 3.8) is 0 Å². The first-order valence-corrected chi connectivity index (χ1v) is 10.5. The van der Waals surface area contributed by atoms with Gasteiger partial charge in [0.15, 0.2) is 15.4 Å². The predicted octanol–water partition coefficient (Wildman–Crippen LogP) is 2.97. The van der Waals surface area contributed by atoms with Crippen LogP contribution in [-0.2, 0) is 25.6 Å². The molecule has 0 aliphatic carbocycles. The molecule has 0 saturated carbocycles. The number of alkyl halides is 3. The van der Waals surface area contributed by atoms with E-state index in [9.17, 15) is 35.9 Å². The van der Waals surface area contributed by atoms with Crippen LogP contribution < -0.4 is 5.32 Å². The average Bonchev–Trinajstić information content (AvgIpc) is 2.66. The number of halogens is 4. The minimum Gasteiger partial charge on any atom is -0.481 e. The largest absolute Gasteiger partial charge is 0.481 e. The Morgan fingerprint density at radius 3 is 2.09 bits per heavy atom. The lowest BCUT2D eigenvalue weighted by molar-refractivity contribution is -0.138. The number of benzene rings is 2. The van der Waals surface area contributed by atoms with Crippen molar-refractivity contribution in [3.05, 3.63) is 59.4 Å². The van der Waals surface area contributed by atoms with Gasteiger partial charge in [0.1, 0.15) is 5.82 Å². The van der Waals surface area contributed by atoms with E-state index in [-0.39, 0.29) is 10.6 Å². The number of nitrogens with zero attached hydrogens (tertiary/aromatic N) is 1. The van der Waals surface area contributed by atoms with Crippen molar-refractivity contribution in [1.82, 2.24) is 0 Å². The fraction of sp³-hybridized carbons (Fsp3) is 0.250. The zero-order valence-corrected chi connectivity index (χ0v) is 18.0. The van der Waals surface area contributed by atoms with E-state index in [0.29, 0.717) is 6.07 Å². The normalized spacial score (nSPS) is 13.0. The fourth-order valence-electron chi connectivity index (χ4n) is 2.38. The molecular formula is C20H18F4N2O6S. The van der Waals surface area contributed by atoms with Crippen molar-refractivity contribution in [2.45, 2.75) is 30.5 Å². The maximum Gasteiger partial charge on any atom is 0.417 e. The minimum atomic E-state index is -4.86. The van der Waals surface area contributed by atoms with Crippen LogP contribution >= 0.6 is 0 Å². The number of anilines is 1. The number of carboxylic acids is 1. The third kappa shape index (κ3) is 8.17. The van der Waals surface area contributed by atoms with E-state index in [1.165, 1.54) is 6.07 Å². The molecule has 8 nitrogen and oxygen atoms in total. The van der Waals surface area contributed by atoms with E-state index >= 15 is 0 Å². The zero-order chi connectivity index (χ0) is 25.6. The first kappa shape index (κ1) is 27.5. The molecule has 2 rings (SSSR count). The third-order valence-corrected chi connectivity index (χ3v) is 5.77. The predicted molar refractivity (Wildman–Crippen MR) is 107 cm³/mol. The number of nitrogens with one attached hydrogen (secondary N) is 1. The van der Waals surface area contributed by atoms with Gasteiger partial charge in [0, 0.05) is 12.6 Å². The molecule has 1 unspecified atom stereocenters. The molecule has 0 heterocycles. The molecule has 0 saturated heterocycles. The number of hydrogen-bond acceptors (Lipinski definition) is 6. The molecule has 0 radical (unpaired) electrons. The quantitative estimate of drug-likeness (QED) is 0.432. The summed E-state index contributed by atoms with van der Waals surface area (Å²) in [7, 11) is -4.21. The highest BCUT2D eigenvalue weighted by Crippen LogP contribution is 2.33. The molecule has 33 heavy (non-hydrogen) atoms. The Kier molecular flexibility index (Phi) is 8.69. The molecule has 2 aromatic rings. The van der Waals surface area contributed by atoms with Gasteiger partial charge >= 0.3 is 6.18 Å². The summed E-state index contributed by atoms with van der Waals surface area (Å²) >= 11 is 0. The number of rotatable bonds is 5. The maximum atomic E-state index is 13.0. The Morgan fingerprint density at radius 1 is 1.12 bits per heavy atom. The zero-order valence-electron chi connectivity index (χ0n) is 17.1. The Bertz CT molecular complexity index is 1170. The molecule has 0 bridgehead atoms. The van der Waals surface area contributed by atoms with Gasteiger partial charge in [-0.15, -0.1) is 0 Å². The van der Waals surface area contributed by atoms with Crippen LogP contribution in [-0.4, -0.2) is 41.9 Å². The van der Waals surface area contributed by atoms with E-state index in [4.69, 9.17) is 15.2 Å². The number of sulfone groups is 1. The first-order chi connectivity index (χ1) is 15.0. The third-order valence-electron chi connectivity index (χ3n) is 3.84. The molecule has 3 N–H and O–H groups in total. The number of nitriles is 1. The topological polar surface area (TPSA) is 145 Å². The Morgan fingerprint density at radius 2 is 1.64 bits per heavy atom. The van der Waals surface area contributed by atoms with Crippen molar-refractivity contribution >= 4 is 27.4 Å². The molecule has 178 valence electrons. The summed E-state index contributed by atoms with van der Waals surface area (Å²) in [6.45, 7) is 1.96. The van der Waals surface area contributed by atoms with Crippen LogP contribution in [0.5, 0.6) is 0 Å². The summed E-state index contributed by atoms with van der Waals surface area (Å²) < 4.78 is 76.6. The molecule has 1 atom stereocenters. The Balaban J connectivity index is 0.00000125. The maximum absolute atomic E-state index is 13.0. The monoisotopic (exact) mass is 490 g/mol. The smallest absolute Gasteiger partial charge is 0.417 e. The number of aliphatic carboxylic acids is 1. The van der Waals surface area contributed by atoms with Crippen LogP contribution in [0.1, 0.15) is 25.0 Å². The van der Waals surface area contributed by atoms with Crippen LogP contribution in [0.15, 0.2) is 47.4 Å². The number of carbonyl (C=O) groups is 2. The second kappa shape index (κ2) is 10.4. The summed E-state index contributed by atoms with van der Waals surface area (Å²) in [6.07, 6.45) is -4.86.